The van der Waals surface area contributed by atoms with Gasteiger partial charge in [-0.1, -0.05) is 0 Å². The first kappa shape index (κ1) is 18.6. The van der Waals surface area contributed by atoms with Crippen LogP contribution >= 0.6 is 0 Å². The first-order valence-electron chi connectivity index (χ1n) is 10.0. The number of nitrogens with zero attached hydrogens (tertiary/aromatic N) is 8. The largest absolute Gasteiger partial charge is 0.302 e. The fourth-order valence-corrected chi connectivity index (χ4v) is 5.71. The highest BCUT2D eigenvalue weighted by atomic mass is 32.2. The Morgan fingerprint density at radius 3 is 2.66 bits per heavy atom. The molecule has 5 heterocycles. The number of aromatic nitrogens is 6. The third-order valence-corrected chi connectivity index (χ3v) is 7.79. The Labute approximate surface area is 169 Å². The summed E-state index contributed by atoms with van der Waals surface area (Å²) in [6.45, 7) is 3.89. The van der Waals surface area contributed by atoms with Crippen molar-refractivity contribution in [1.29, 1.82) is 0 Å². The average Bonchev–Trinajstić information content (AvgIpc) is 3.46. The van der Waals surface area contributed by atoms with Crippen molar-refractivity contribution in [3.63, 3.8) is 0 Å². The highest BCUT2D eigenvalue weighted by Gasteiger charge is 2.30. The zero-order valence-corrected chi connectivity index (χ0v) is 16.9. The molecule has 0 saturated carbocycles. The van der Waals surface area contributed by atoms with Gasteiger partial charge in [-0.25, -0.2) is 17.4 Å². The number of hydrogen-bond donors (Lipinski definition) is 0. The van der Waals surface area contributed by atoms with E-state index in [2.05, 4.69) is 25.3 Å². The number of hydrogen-bond acceptors (Lipinski definition) is 7. The summed E-state index contributed by atoms with van der Waals surface area (Å²) in [7, 11) is -3.01. The second-order valence-electron chi connectivity index (χ2n) is 7.65. The maximum atomic E-state index is 12.0. The van der Waals surface area contributed by atoms with Gasteiger partial charge in [-0.2, -0.15) is 9.61 Å². The number of sulfonamides is 1. The summed E-state index contributed by atoms with van der Waals surface area (Å²) >= 11 is 0. The Hall–Kier alpha value is -2.37. The van der Waals surface area contributed by atoms with Crippen LogP contribution < -0.4 is 0 Å². The van der Waals surface area contributed by atoms with Crippen molar-refractivity contribution in [2.45, 2.75) is 25.2 Å². The minimum absolute atomic E-state index is 0.289. The molecule has 0 radical (unpaired) electrons. The first-order valence-corrected chi connectivity index (χ1v) is 11.6. The van der Waals surface area contributed by atoms with Crippen LogP contribution in [0.4, 0.5) is 0 Å². The minimum Gasteiger partial charge on any atom is -0.302 e. The van der Waals surface area contributed by atoms with Crippen molar-refractivity contribution < 1.29 is 8.42 Å². The van der Waals surface area contributed by atoms with Gasteiger partial charge in [0.15, 0.2) is 17.3 Å². The molecule has 0 aliphatic carbocycles. The van der Waals surface area contributed by atoms with Gasteiger partial charge in [0.1, 0.15) is 0 Å². The summed E-state index contributed by atoms with van der Waals surface area (Å²) in [5.74, 6) is 2.20. The molecule has 3 aromatic heterocycles. The van der Waals surface area contributed by atoms with Crippen LogP contribution in [0.15, 0.2) is 30.6 Å². The Kier molecular flexibility index (Phi) is 4.80. The molecule has 0 aromatic carbocycles. The molecule has 0 amide bonds. The van der Waals surface area contributed by atoms with E-state index in [4.69, 9.17) is 0 Å². The molecule has 2 fully saturated rings. The van der Waals surface area contributed by atoms with Crippen LogP contribution in [0.1, 0.15) is 31.0 Å². The summed E-state index contributed by atoms with van der Waals surface area (Å²) in [5.41, 5.74) is 0.734. The van der Waals surface area contributed by atoms with Gasteiger partial charge in [-0.15, -0.1) is 15.3 Å². The molecule has 2 saturated heterocycles. The Balaban J connectivity index is 1.25. The predicted octanol–water partition coefficient (Wildman–Crippen LogP) is 0.525. The molecular weight excluding hydrogens is 392 g/mol. The smallest absolute Gasteiger partial charge is 0.214 e. The molecule has 5 rings (SSSR count). The average molecular weight is 417 g/mol. The van der Waals surface area contributed by atoms with Crippen molar-refractivity contribution in [3.05, 3.63) is 36.4 Å². The van der Waals surface area contributed by atoms with E-state index in [0.717, 1.165) is 56.2 Å². The third-order valence-electron chi connectivity index (χ3n) is 5.83. The number of rotatable bonds is 5. The van der Waals surface area contributed by atoms with Crippen molar-refractivity contribution in [1.82, 2.24) is 38.8 Å². The van der Waals surface area contributed by atoms with Crippen LogP contribution in [0.5, 0.6) is 0 Å². The van der Waals surface area contributed by atoms with Crippen molar-refractivity contribution in [2.24, 2.45) is 0 Å². The van der Waals surface area contributed by atoms with Crippen molar-refractivity contribution in [3.8, 4) is 5.82 Å². The van der Waals surface area contributed by atoms with E-state index in [0.29, 0.717) is 18.8 Å². The fraction of sp³-hybridized carbons (Fsp3) is 0.556. The molecule has 0 bridgehead atoms. The van der Waals surface area contributed by atoms with Gasteiger partial charge in [0.25, 0.3) is 0 Å². The van der Waals surface area contributed by atoms with Crippen LogP contribution in [-0.4, -0.2) is 85.7 Å². The molecule has 2 aliphatic rings. The summed E-state index contributed by atoms with van der Waals surface area (Å²) < 4.78 is 29.1. The van der Waals surface area contributed by atoms with Crippen LogP contribution in [0.25, 0.3) is 11.5 Å². The molecule has 29 heavy (non-hydrogen) atoms. The van der Waals surface area contributed by atoms with Crippen LogP contribution in [0.2, 0.25) is 0 Å². The summed E-state index contributed by atoms with van der Waals surface area (Å²) in [5, 5.41) is 17.6. The first-order chi connectivity index (χ1) is 14.1. The van der Waals surface area contributed by atoms with Crippen molar-refractivity contribution >= 4 is 15.7 Å². The van der Waals surface area contributed by atoms with Crippen LogP contribution in [-0.2, 0) is 10.0 Å². The number of likely N-dealkylation sites (tertiary alicyclic amines) is 1. The SMILES string of the molecule is O=S1(=O)CCCN1CCN1CCC(c2nnc3ccc(-n4cccn4)nn23)CC1. The maximum absolute atomic E-state index is 12.0. The second-order valence-corrected chi connectivity index (χ2v) is 9.74. The van der Waals surface area contributed by atoms with E-state index < -0.39 is 10.0 Å². The Bertz CT molecular complexity index is 1090. The zero-order chi connectivity index (χ0) is 19.8. The summed E-state index contributed by atoms with van der Waals surface area (Å²) in [4.78, 5) is 2.34. The van der Waals surface area contributed by atoms with Crippen LogP contribution in [0, 0.1) is 0 Å². The predicted molar refractivity (Wildman–Crippen MR) is 106 cm³/mol. The van der Waals surface area contributed by atoms with Gasteiger partial charge in [0, 0.05) is 37.9 Å². The molecule has 10 nitrogen and oxygen atoms in total. The number of fused-ring (bicyclic) bond motifs is 1. The molecule has 11 heteroatoms. The minimum atomic E-state index is -3.01. The summed E-state index contributed by atoms with van der Waals surface area (Å²) in [6.07, 6.45) is 6.25. The lowest BCUT2D eigenvalue weighted by atomic mass is 9.96. The third kappa shape index (κ3) is 3.65. The fourth-order valence-electron chi connectivity index (χ4n) is 4.19. The van der Waals surface area contributed by atoms with E-state index in [1.54, 1.807) is 15.2 Å². The Morgan fingerprint density at radius 1 is 1.07 bits per heavy atom. The molecule has 154 valence electrons. The van der Waals surface area contributed by atoms with Gasteiger partial charge in [0.2, 0.25) is 10.0 Å². The molecule has 0 N–H and O–H groups in total. The van der Waals surface area contributed by atoms with E-state index in [-0.39, 0.29) is 5.92 Å². The maximum Gasteiger partial charge on any atom is 0.214 e. The normalized spacial score (nSPS) is 21.2. The molecule has 0 atom stereocenters. The van der Waals surface area contributed by atoms with Crippen molar-refractivity contribution in [2.75, 3.05) is 38.5 Å². The van der Waals surface area contributed by atoms with Gasteiger partial charge >= 0.3 is 0 Å². The lowest BCUT2D eigenvalue weighted by Crippen LogP contribution is -2.40. The quantitative estimate of drug-likeness (QED) is 0.598. The van der Waals surface area contributed by atoms with E-state index in [9.17, 15) is 8.42 Å². The molecule has 2 aliphatic heterocycles. The van der Waals surface area contributed by atoms with E-state index in [1.165, 1.54) is 0 Å². The number of piperidine rings is 1. The van der Waals surface area contributed by atoms with E-state index >= 15 is 0 Å². The monoisotopic (exact) mass is 416 g/mol. The second kappa shape index (κ2) is 7.47. The standard InChI is InChI=1S/C18H24N8O2S/c27-29(28)14-2-8-24(29)13-12-23-10-5-15(6-11-23)18-21-20-16-3-4-17(22-26(16)18)25-9-1-7-19-25/h1,3-4,7,9,15H,2,5-6,8,10-14H2. The van der Waals surface area contributed by atoms with Gasteiger partial charge < -0.3 is 4.90 Å². The molecule has 0 spiro atoms. The van der Waals surface area contributed by atoms with Gasteiger partial charge in [-0.3, -0.25) is 0 Å². The lowest BCUT2D eigenvalue weighted by molar-refractivity contribution is 0.197. The summed E-state index contributed by atoms with van der Waals surface area (Å²) in [6, 6.07) is 5.66. The van der Waals surface area contributed by atoms with E-state index in [1.807, 2.05) is 28.9 Å². The van der Waals surface area contributed by atoms with Crippen LogP contribution in [0.3, 0.4) is 0 Å². The van der Waals surface area contributed by atoms with Gasteiger partial charge in [-0.05, 0) is 50.6 Å². The highest BCUT2D eigenvalue weighted by molar-refractivity contribution is 7.89. The molecular formula is C18H24N8O2S. The molecule has 3 aromatic rings. The molecule has 0 unspecified atom stereocenters. The zero-order valence-electron chi connectivity index (χ0n) is 16.1. The van der Waals surface area contributed by atoms with Gasteiger partial charge in [0.05, 0.1) is 5.75 Å². The Morgan fingerprint density at radius 2 is 1.93 bits per heavy atom. The lowest BCUT2D eigenvalue weighted by Gasteiger charge is -2.31. The topological polar surface area (TPSA) is 102 Å². The highest BCUT2D eigenvalue weighted by Crippen LogP contribution is 2.27.